The molecule has 20 heavy (non-hydrogen) atoms. The normalized spacial score (nSPS) is 10.4. The lowest BCUT2D eigenvalue weighted by molar-refractivity contribution is -0.119. The Morgan fingerprint density at radius 3 is 1.55 bits per heavy atom. The van der Waals surface area contributed by atoms with Gasteiger partial charge in [-0.25, -0.2) is 0 Å². The Bertz CT molecular complexity index is 229. The van der Waals surface area contributed by atoms with Gasteiger partial charge in [0.15, 0.2) is 0 Å². The van der Waals surface area contributed by atoms with E-state index >= 15 is 0 Å². The Morgan fingerprint density at radius 2 is 1.15 bits per heavy atom. The number of carbonyl (C=O) groups excluding carboxylic acids is 2. The van der Waals surface area contributed by atoms with Crippen LogP contribution in [-0.4, -0.2) is 18.7 Å². The Morgan fingerprint density at radius 1 is 0.750 bits per heavy atom. The summed E-state index contributed by atoms with van der Waals surface area (Å²) in [7, 11) is 0. The van der Waals surface area contributed by atoms with E-state index < -0.39 is 0 Å². The molecule has 0 aromatic rings. The van der Waals surface area contributed by atoms with Crippen LogP contribution in [0.25, 0.3) is 0 Å². The van der Waals surface area contributed by atoms with Gasteiger partial charge in [-0.15, -0.1) is 0 Å². The molecule has 0 saturated carbocycles. The highest BCUT2D eigenvalue weighted by Gasteiger charge is 1.94. The molecular formula is C17H33NO2. The summed E-state index contributed by atoms with van der Waals surface area (Å²) in [4.78, 5) is 20.8. The van der Waals surface area contributed by atoms with Crippen LogP contribution in [-0.2, 0) is 9.59 Å². The molecule has 0 unspecified atom stereocenters. The SMILES string of the molecule is CC(=O)NCCCCCCCCCCCCCCC=O. The van der Waals surface area contributed by atoms with Gasteiger partial charge in [0, 0.05) is 19.9 Å². The summed E-state index contributed by atoms with van der Waals surface area (Å²) in [6.07, 6.45) is 17.1. The molecule has 0 spiro atoms. The van der Waals surface area contributed by atoms with E-state index in [0.29, 0.717) is 0 Å². The lowest BCUT2D eigenvalue weighted by Gasteiger charge is -2.03. The molecular weight excluding hydrogens is 250 g/mol. The van der Waals surface area contributed by atoms with Crippen molar-refractivity contribution in [3.63, 3.8) is 0 Å². The molecule has 118 valence electrons. The van der Waals surface area contributed by atoms with Crippen molar-refractivity contribution in [2.45, 2.75) is 90.4 Å². The summed E-state index contributed by atoms with van der Waals surface area (Å²) in [6.45, 7) is 2.40. The van der Waals surface area contributed by atoms with Gasteiger partial charge in [-0.1, -0.05) is 64.2 Å². The Kier molecular flexibility index (Phi) is 15.5. The van der Waals surface area contributed by atoms with Crippen molar-refractivity contribution in [3.8, 4) is 0 Å². The maximum Gasteiger partial charge on any atom is 0.216 e. The quantitative estimate of drug-likeness (QED) is 0.358. The Balaban J connectivity index is 2.95. The van der Waals surface area contributed by atoms with E-state index in [9.17, 15) is 9.59 Å². The molecule has 0 saturated heterocycles. The van der Waals surface area contributed by atoms with Crippen LogP contribution in [0.1, 0.15) is 90.4 Å². The summed E-state index contributed by atoms with van der Waals surface area (Å²) >= 11 is 0. The molecule has 0 rings (SSSR count). The lowest BCUT2D eigenvalue weighted by atomic mass is 10.0. The number of carbonyl (C=O) groups is 2. The molecule has 0 fully saturated rings. The number of nitrogens with one attached hydrogen (secondary N) is 1. The van der Waals surface area contributed by atoms with Gasteiger partial charge in [0.1, 0.15) is 6.29 Å². The standard InChI is InChI=1S/C17H33NO2/c1-17(20)18-15-13-11-9-7-5-3-2-4-6-8-10-12-14-16-19/h16H,2-15H2,1H3,(H,18,20). The van der Waals surface area contributed by atoms with Crippen molar-refractivity contribution in [1.82, 2.24) is 5.32 Å². The zero-order chi connectivity index (χ0) is 14.9. The van der Waals surface area contributed by atoms with Gasteiger partial charge < -0.3 is 10.1 Å². The Labute approximate surface area is 124 Å². The van der Waals surface area contributed by atoms with E-state index in [2.05, 4.69) is 5.32 Å². The molecule has 0 radical (unpaired) electrons. The van der Waals surface area contributed by atoms with Crippen molar-refractivity contribution in [3.05, 3.63) is 0 Å². The molecule has 0 bridgehead atoms. The van der Waals surface area contributed by atoms with Crippen LogP contribution in [0, 0.1) is 0 Å². The van der Waals surface area contributed by atoms with Gasteiger partial charge in [-0.3, -0.25) is 4.79 Å². The van der Waals surface area contributed by atoms with Crippen LogP contribution < -0.4 is 5.32 Å². The first-order valence-electron chi connectivity index (χ1n) is 8.45. The van der Waals surface area contributed by atoms with Gasteiger partial charge in [0.25, 0.3) is 0 Å². The highest BCUT2D eigenvalue weighted by molar-refractivity contribution is 5.72. The fraction of sp³-hybridized carbons (Fsp3) is 0.882. The van der Waals surface area contributed by atoms with Crippen molar-refractivity contribution < 1.29 is 9.59 Å². The topological polar surface area (TPSA) is 46.2 Å². The van der Waals surface area contributed by atoms with E-state index in [1.165, 1.54) is 64.2 Å². The van der Waals surface area contributed by atoms with E-state index in [0.717, 1.165) is 32.1 Å². The van der Waals surface area contributed by atoms with Gasteiger partial charge in [-0.05, 0) is 12.8 Å². The molecule has 0 atom stereocenters. The number of aldehydes is 1. The number of amides is 1. The number of unbranched alkanes of at least 4 members (excludes halogenated alkanes) is 12. The largest absolute Gasteiger partial charge is 0.356 e. The van der Waals surface area contributed by atoms with E-state index in [-0.39, 0.29) is 5.91 Å². The number of rotatable bonds is 15. The van der Waals surface area contributed by atoms with Crippen LogP contribution >= 0.6 is 0 Å². The van der Waals surface area contributed by atoms with Gasteiger partial charge in [0.2, 0.25) is 5.91 Å². The van der Waals surface area contributed by atoms with Crippen molar-refractivity contribution in [2.75, 3.05) is 6.54 Å². The van der Waals surface area contributed by atoms with E-state index in [1.807, 2.05) is 0 Å². The molecule has 0 aliphatic carbocycles. The fourth-order valence-electron chi connectivity index (χ4n) is 2.38. The molecule has 0 aromatic carbocycles. The van der Waals surface area contributed by atoms with Crippen molar-refractivity contribution in [1.29, 1.82) is 0 Å². The van der Waals surface area contributed by atoms with Crippen LogP contribution in [0.15, 0.2) is 0 Å². The van der Waals surface area contributed by atoms with Crippen molar-refractivity contribution >= 4 is 12.2 Å². The molecule has 1 N–H and O–H groups in total. The third-order valence-electron chi connectivity index (χ3n) is 3.62. The zero-order valence-electron chi connectivity index (χ0n) is 13.3. The van der Waals surface area contributed by atoms with E-state index in [1.54, 1.807) is 6.92 Å². The number of hydrogen-bond acceptors (Lipinski definition) is 2. The first kappa shape index (κ1) is 19.1. The predicted molar refractivity (Wildman–Crippen MR) is 84.8 cm³/mol. The summed E-state index contributed by atoms with van der Waals surface area (Å²) in [5.74, 6) is 0.0798. The second-order valence-electron chi connectivity index (χ2n) is 5.68. The molecule has 1 amide bonds. The minimum absolute atomic E-state index is 0.0798. The monoisotopic (exact) mass is 283 g/mol. The predicted octanol–water partition coefficient (Wildman–Crippen LogP) is 4.39. The average molecular weight is 283 g/mol. The molecule has 0 aliphatic rings. The summed E-state index contributed by atoms with van der Waals surface area (Å²) in [5, 5.41) is 2.83. The first-order valence-corrected chi connectivity index (χ1v) is 8.45. The second-order valence-corrected chi connectivity index (χ2v) is 5.68. The molecule has 0 heterocycles. The maximum atomic E-state index is 10.7. The smallest absolute Gasteiger partial charge is 0.216 e. The number of hydrogen-bond donors (Lipinski definition) is 1. The summed E-state index contributed by atoms with van der Waals surface area (Å²) < 4.78 is 0. The molecule has 3 heteroatoms. The highest BCUT2D eigenvalue weighted by Crippen LogP contribution is 2.12. The lowest BCUT2D eigenvalue weighted by Crippen LogP contribution is -2.20. The minimum Gasteiger partial charge on any atom is -0.356 e. The molecule has 0 aliphatic heterocycles. The maximum absolute atomic E-state index is 10.7. The van der Waals surface area contributed by atoms with Gasteiger partial charge in [-0.2, -0.15) is 0 Å². The van der Waals surface area contributed by atoms with Crippen LogP contribution in [0.2, 0.25) is 0 Å². The second kappa shape index (κ2) is 16.2. The third-order valence-corrected chi connectivity index (χ3v) is 3.62. The minimum atomic E-state index is 0.0798. The third kappa shape index (κ3) is 17.1. The first-order chi connectivity index (χ1) is 9.77. The van der Waals surface area contributed by atoms with Gasteiger partial charge >= 0.3 is 0 Å². The van der Waals surface area contributed by atoms with Crippen LogP contribution in [0.3, 0.4) is 0 Å². The summed E-state index contributed by atoms with van der Waals surface area (Å²) in [6, 6.07) is 0. The summed E-state index contributed by atoms with van der Waals surface area (Å²) in [5.41, 5.74) is 0. The molecule has 0 aromatic heterocycles. The molecule has 3 nitrogen and oxygen atoms in total. The van der Waals surface area contributed by atoms with Gasteiger partial charge in [0.05, 0.1) is 0 Å². The van der Waals surface area contributed by atoms with Crippen molar-refractivity contribution in [2.24, 2.45) is 0 Å². The average Bonchev–Trinajstić information content (AvgIpc) is 2.43. The fourth-order valence-corrected chi connectivity index (χ4v) is 2.38. The zero-order valence-corrected chi connectivity index (χ0v) is 13.3. The van der Waals surface area contributed by atoms with E-state index in [4.69, 9.17) is 0 Å². The Hall–Kier alpha value is -0.860. The highest BCUT2D eigenvalue weighted by atomic mass is 16.1. The van der Waals surface area contributed by atoms with Crippen LogP contribution in [0.4, 0.5) is 0 Å². The van der Waals surface area contributed by atoms with Crippen LogP contribution in [0.5, 0.6) is 0 Å².